The molecule has 1 saturated carbocycles. The summed E-state index contributed by atoms with van der Waals surface area (Å²) >= 11 is 0. The number of ether oxygens (including phenoxy) is 1. The fraction of sp³-hybridized carbons (Fsp3) is 0.345. The minimum Gasteiger partial charge on any atom is -0.376 e. The molecule has 0 radical (unpaired) electrons. The van der Waals surface area contributed by atoms with Crippen LogP contribution >= 0.6 is 0 Å². The van der Waals surface area contributed by atoms with E-state index in [0.29, 0.717) is 25.1 Å². The van der Waals surface area contributed by atoms with Crippen molar-refractivity contribution in [2.24, 2.45) is 0 Å². The van der Waals surface area contributed by atoms with Gasteiger partial charge in [-0.1, -0.05) is 36.4 Å². The number of carbonyl (C=O) groups excluding carboxylic acids is 2. The molecule has 8 nitrogen and oxygen atoms in total. The Bertz CT molecular complexity index is 1440. The van der Waals surface area contributed by atoms with Gasteiger partial charge in [0.2, 0.25) is 0 Å². The van der Waals surface area contributed by atoms with E-state index < -0.39 is 35.3 Å². The van der Waals surface area contributed by atoms with Crippen LogP contribution in [-0.4, -0.2) is 41.7 Å². The van der Waals surface area contributed by atoms with Crippen LogP contribution in [0.2, 0.25) is 0 Å². The van der Waals surface area contributed by atoms with Crippen LogP contribution in [0.4, 0.5) is 32.6 Å². The van der Waals surface area contributed by atoms with Crippen molar-refractivity contribution >= 4 is 17.8 Å². The zero-order valence-electron chi connectivity index (χ0n) is 22.2. The van der Waals surface area contributed by atoms with Crippen molar-refractivity contribution in [3.05, 3.63) is 94.7 Å². The lowest BCUT2D eigenvalue weighted by molar-refractivity contribution is -0.137. The number of nitrogens with zero attached hydrogens (tertiary/aromatic N) is 1. The number of hydrogen-bond acceptors (Lipinski definition) is 5. The summed E-state index contributed by atoms with van der Waals surface area (Å²) in [5, 5.41) is 11.3. The summed E-state index contributed by atoms with van der Waals surface area (Å²) in [4.78, 5) is 28.8. The molecule has 2 aromatic carbocycles. The van der Waals surface area contributed by atoms with Crippen LogP contribution in [0, 0.1) is 11.6 Å². The fourth-order valence-corrected chi connectivity index (χ4v) is 5.13. The molecule has 0 spiro atoms. The smallest absolute Gasteiger partial charge is 0.376 e. The molecule has 4 atom stereocenters. The van der Waals surface area contributed by atoms with E-state index >= 15 is 0 Å². The highest BCUT2D eigenvalue weighted by Crippen LogP contribution is 2.32. The number of aromatic nitrogens is 1. The summed E-state index contributed by atoms with van der Waals surface area (Å²) in [7, 11) is 0. The van der Waals surface area contributed by atoms with Gasteiger partial charge in [-0.15, -0.1) is 0 Å². The van der Waals surface area contributed by atoms with Crippen molar-refractivity contribution in [1.82, 2.24) is 20.9 Å². The fourth-order valence-electron chi connectivity index (χ4n) is 5.13. The van der Waals surface area contributed by atoms with Gasteiger partial charge >= 0.3 is 12.2 Å². The SMILES string of the molecule is O=C1NC2CCC(OC[C@H](Nc3ncc(C(F)(F)F)cc3C(=O)NCc3ccc(F)c(F)c3)c3ccccc3)CC2N1. The van der Waals surface area contributed by atoms with Crippen LogP contribution in [0.5, 0.6) is 0 Å². The van der Waals surface area contributed by atoms with E-state index in [1.54, 1.807) is 12.1 Å². The van der Waals surface area contributed by atoms with Gasteiger partial charge in [0, 0.05) is 12.7 Å². The molecule has 2 aliphatic rings. The largest absolute Gasteiger partial charge is 0.417 e. The lowest BCUT2D eigenvalue weighted by atomic mass is 9.89. The van der Waals surface area contributed by atoms with Gasteiger partial charge in [-0.3, -0.25) is 4.79 Å². The summed E-state index contributed by atoms with van der Waals surface area (Å²) in [5.41, 5.74) is -0.538. The molecule has 5 rings (SSSR count). The molecule has 0 bridgehead atoms. The lowest BCUT2D eigenvalue weighted by Crippen LogP contribution is -2.42. The molecule has 42 heavy (non-hydrogen) atoms. The topological polar surface area (TPSA) is 104 Å². The van der Waals surface area contributed by atoms with E-state index in [1.165, 1.54) is 6.07 Å². The van der Waals surface area contributed by atoms with Crippen molar-refractivity contribution in [2.45, 2.75) is 56.2 Å². The van der Waals surface area contributed by atoms with E-state index in [-0.39, 0.29) is 54.3 Å². The second-order valence-corrected chi connectivity index (χ2v) is 10.3. The van der Waals surface area contributed by atoms with Crippen molar-refractivity contribution < 1.29 is 36.3 Å². The zero-order chi connectivity index (χ0) is 29.9. The first-order valence-corrected chi connectivity index (χ1v) is 13.4. The van der Waals surface area contributed by atoms with Gasteiger partial charge in [0.25, 0.3) is 5.91 Å². The average molecular weight is 590 g/mol. The first-order chi connectivity index (χ1) is 20.1. The summed E-state index contributed by atoms with van der Waals surface area (Å²) in [6, 6.07) is 11.9. The van der Waals surface area contributed by atoms with Gasteiger partial charge in [-0.05, 0) is 48.6 Å². The number of anilines is 1. The van der Waals surface area contributed by atoms with E-state index in [4.69, 9.17) is 4.74 Å². The highest BCUT2D eigenvalue weighted by Gasteiger charge is 2.38. The van der Waals surface area contributed by atoms with Crippen molar-refractivity contribution in [3.63, 3.8) is 0 Å². The van der Waals surface area contributed by atoms with Crippen LogP contribution in [0.15, 0.2) is 60.8 Å². The number of hydrogen-bond donors (Lipinski definition) is 4. The number of carbonyl (C=O) groups is 2. The Morgan fingerprint density at radius 3 is 2.52 bits per heavy atom. The number of alkyl halides is 3. The normalized spacial score (nSPS) is 20.7. The average Bonchev–Trinajstić information content (AvgIpc) is 3.35. The van der Waals surface area contributed by atoms with Gasteiger partial charge in [-0.25, -0.2) is 18.6 Å². The van der Waals surface area contributed by atoms with Crippen LogP contribution in [0.1, 0.15) is 52.4 Å². The molecule has 222 valence electrons. The molecular formula is C29H28F5N5O3. The first kappa shape index (κ1) is 29.2. The van der Waals surface area contributed by atoms with Crippen LogP contribution in [0.25, 0.3) is 0 Å². The van der Waals surface area contributed by atoms with E-state index in [9.17, 15) is 31.5 Å². The number of nitrogens with one attached hydrogen (secondary N) is 4. The highest BCUT2D eigenvalue weighted by molar-refractivity contribution is 5.99. The quantitative estimate of drug-likeness (QED) is 0.261. The minimum absolute atomic E-state index is 0.0456. The second kappa shape index (κ2) is 12.3. The molecule has 1 aliphatic heterocycles. The Hall–Kier alpha value is -4.26. The predicted molar refractivity (Wildman–Crippen MR) is 142 cm³/mol. The van der Waals surface area contributed by atoms with Crippen molar-refractivity contribution in [3.8, 4) is 0 Å². The third-order valence-corrected chi connectivity index (χ3v) is 7.34. The monoisotopic (exact) mass is 589 g/mol. The Morgan fingerprint density at radius 1 is 1.02 bits per heavy atom. The molecule has 3 amide bonds. The summed E-state index contributed by atoms with van der Waals surface area (Å²) in [6.07, 6.45) is -2.25. The van der Waals surface area contributed by atoms with Gasteiger partial charge in [0.1, 0.15) is 5.82 Å². The molecule has 13 heteroatoms. The summed E-state index contributed by atoms with van der Waals surface area (Å²) in [5.74, 6) is -3.18. The Morgan fingerprint density at radius 2 is 1.79 bits per heavy atom. The minimum atomic E-state index is -4.76. The number of urea groups is 1. The number of pyridine rings is 1. The third-order valence-electron chi connectivity index (χ3n) is 7.34. The molecule has 1 saturated heterocycles. The van der Waals surface area contributed by atoms with E-state index in [1.807, 2.05) is 18.2 Å². The zero-order valence-corrected chi connectivity index (χ0v) is 22.2. The van der Waals surface area contributed by atoms with Crippen molar-refractivity contribution in [1.29, 1.82) is 0 Å². The molecule has 1 aliphatic carbocycles. The van der Waals surface area contributed by atoms with Crippen LogP contribution in [0.3, 0.4) is 0 Å². The van der Waals surface area contributed by atoms with Gasteiger partial charge in [-0.2, -0.15) is 13.2 Å². The highest BCUT2D eigenvalue weighted by atomic mass is 19.4. The maximum absolute atomic E-state index is 13.6. The lowest BCUT2D eigenvalue weighted by Gasteiger charge is -2.32. The number of rotatable bonds is 9. The number of halogens is 5. The van der Waals surface area contributed by atoms with E-state index in [2.05, 4.69) is 26.3 Å². The Labute approximate surface area is 238 Å². The Kier molecular flexibility index (Phi) is 8.57. The Balaban J connectivity index is 1.35. The maximum Gasteiger partial charge on any atom is 0.417 e. The van der Waals surface area contributed by atoms with Gasteiger partial charge in [0.15, 0.2) is 11.6 Å². The molecule has 4 N–H and O–H groups in total. The summed E-state index contributed by atoms with van der Waals surface area (Å²) in [6.45, 7) is -0.155. The maximum atomic E-state index is 13.6. The second-order valence-electron chi connectivity index (χ2n) is 10.3. The van der Waals surface area contributed by atoms with Gasteiger partial charge in [0.05, 0.1) is 42.0 Å². The number of benzene rings is 2. The van der Waals surface area contributed by atoms with Crippen molar-refractivity contribution in [2.75, 3.05) is 11.9 Å². The van der Waals surface area contributed by atoms with E-state index in [0.717, 1.165) is 24.1 Å². The first-order valence-electron chi connectivity index (χ1n) is 13.4. The molecule has 3 aromatic rings. The standard InChI is InChI=1S/C29H28F5N5O3/c30-21-8-6-16(10-22(21)31)13-36-27(40)20-11-18(29(32,33)34)14-35-26(20)37-25(17-4-2-1-3-5-17)15-42-19-7-9-23-24(12-19)39-28(41)38-23/h1-6,8,10-11,14,19,23-25H,7,9,12-13,15H2,(H,35,37)(H,36,40)(H2,38,39,41)/t19?,23?,24?,25-/m0/s1. The van der Waals surface area contributed by atoms with Crippen LogP contribution in [-0.2, 0) is 17.5 Å². The number of fused-ring (bicyclic) bond motifs is 1. The molecule has 2 fully saturated rings. The predicted octanol–water partition coefficient (Wildman–Crippen LogP) is 5.08. The number of amides is 3. The third kappa shape index (κ3) is 6.96. The molecule has 2 heterocycles. The van der Waals surface area contributed by atoms with Crippen LogP contribution < -0.4 is 21.3 Å². The van der Waals surface area contributed by atoms with Gasteiger partial charge < -0.3 is 26.0 Å². The summed E-state index contributed by atoms with van der Waals surface area (Å²) < 4.78 is 73.7. The molecule has 3 unspecified atom stereocenters. The molecular weight excluding hydrogens is 561 g/mol. The molecule has 1 aromatic heterocycles.